The number of carbonyl (C=O) groups excluding carboxylic acids is 1. The first kappa shape index (κ1) is 15.4. The van der Waals surface area contributed by atoms with Gasteiger partial charge in [-0.3, -0.25) is 4.79 Å². The molecule has 0 heterocycles. The van der Waals surface area contributed by atoms with Crippen molar-refractivity contribution in [2.75, 3.05) is 0 Å². The highest BCUT2D eigenvalue weighted by Crippen LogP contribution is 2.48. The van der Waals surface area contributed by atoms with E-state index in [1.807, 2.05) is 45.9 Å². The summed E-state index contributed by atoms with van der Waals surface area (Å²) in [6.45, 7) is 7.52. The first-order valence-corrected chi connectivity index (χ1v) is 7.04. The van der Waals surface area contributed by atoms with Gasteiger partial charge in [0.15, 0.2) is 5.84 Å². The van der Waals surface area contributed by atoms with Gasteiger partial charge < -0.3 is 15.7 Å². The van der Waals surface area contributed by atoms with Gasteiger partial charge in [-0.1, -0.05) is 23.4 Å². The van der Waals surface area contributed by atoms with Gasteiger partial charge in [-0.15, -0.1) is 0 Å². The Kier molecular flexibility index (Phi) is 3.94. The molecular weight excluding hydrogens is 268 g/mol. The van der Waals surface area contributed by atoms with Crippen molar-refractivity contribution in [1.29, 1.82) is 0 Å². The summed E-state index contributed by atoms with van der Waals surface area (Å²) in [5.74, 6) is 0.113. The van der Waals surface area contributed by atoms with Gasteiger partial charge in [0.1, 0.15) is 5.60 Å². The molecule has 0 bridgehead atoms. The molecule has 5 heteroatoms. The monoisotopic (exact) mass is 290 g/mol. The summed E-state index contributed by atoms with van der Waals surface area (Å²) in [6.07, 6.45) is 0.817. The van der Waals surface area contributed by atoms with Crippen LogP contribution in [0.25, 0.3) is 0 Å². The van der Waals surface area contributed by atoms with Crippen LogP contribution < -0.4 is 5.73 Å². The second kappa shape index (κ2) is 5.39. The fourth-order valence-corrected chi connectivity index (χ4v) is 2.46. The summed E-state index contributed by atoms with van der Waals surface area (Å²) in [5.41, 5.74) is 7.89. The Hall–Kier alpha value is -2.04. The summed E-state index contributed by atoms with van der Waals surface area (Å²) < 4.78 is 5.41. The summed E-state index contributed by atoms with van der Waals surface area (Å²) in [4.78, 5) is 12.0. The summed E-state index contributed by atoms with van der Waals surface area (Å²) in [7, 11) is 0. The fourth-order valence-electron chi connectivity index (χ4n) is 2.46. The minimum absolute atomic E-state index is 0.0571. The topological polar surface area (TPSA) is 84.9 Å². The van der Waals surface area contributed by atoms with Gasteiger partial charge in [0.2, 0.25) is 0 Å². The summed E-state index contributed by atoms with van der Waals surface area (Å²) in [5, 5.41) is 11.7. The quantitative estimate of drug-likeness (QED) is 0.294. The number of oxime groups is 1. The van der Waals surface area contributed by atoms with Gasteiger partial charge in [-0.25, -0.2) is 0 Å². The minimum Gasteiger partial charge on any atom is -0.460 e. The maximum Gasteiger partial charge on any atom is 0.310 e. The summed E-state index contributed by atoms with van der Waals surface area (Å²) in [6, 6.07) is 5.74. The highest BCUT2D eigenvalue weighted by molar-refractivity contribution is 5.98. The van der Waals surface area contributed by atoms with Crippen LogP contribution >= 0.6 is 0 Å². The smallest absolute Gasteiger partial charge is 0.310 e. The van der Waals surface area contributed by atoms with Crippen LogP contribution in [0.2, 0.25) is 0 Å². The van der Waals surface area contributed by atoms with Gasteiger partial charge in [0, 0.05) is 5.56 Å². The maximum atomic E-state index is 12.0. The van der Waals surface area contributed by atoms with Gasteiger partial charge in [-0.2, -0.15) is 0 Å². The summed E-state index contributed by atoms with van der Waals surface area (Å²) >= 11 is 0. The first-order valence-electron chi connectivity index (χ1n) is 7.04. The van der Waals surface area contributed by atoms with Gasteiger partial charge in [0.25, 0.3) is 0 Å². The molecule has 5 nitrogen and oxygen atoms in total. The van der Waals surface area contributed by atoms with E-state index < -0.39 is 5.60 Å². The molecule has 0 aromatic heterocycles. The SMILES string of the molecule is Cc1cc(C2CC2C(=O)OC(C)(C)C)ccc1C(N)=NO. The number of ether oxygens (including phenoxy) is 1. The van der Waals surface area contributed by atoms with Crippen LogP contribution in [-0.4, -0.2) is 22.6 Å². The Bertz CT molecular complexity index is 588. The lowest BCUT2D eigenvalue weighted by Crippen LogP contribution is -2.25. The Balaban J connectivity index is 2.09. The number of hydrogen-bond donors (Lipinski definition) is 2. The number of rotatable bonds is 3. The number of aryl methyl sites for hydroxylation is 1. The van der Waals surface area contributed by atoms with E-state index >= 15 is 0 Å². The molecule has 1 aliphatic rings. The van der Waals surface area contributed by atoms with E-state index in [0.717, 1.165) is 17.5 Å². The molecule has 0 spiro atoms. The van der Waals surface area contributed by atoms with Gasteiger partial charge in [-0.05, 0) is 51.2 Å². The van der Waals surface area contributed by atoms with E-state index in [9.17, 15) is 4.79 Å². The van der Waals surface area contributed by atoms with Crippen LogP contribution in [-0.2, 0) is 9.53 Å². The zero-order valence-corrected chi connectivity index (χ0v) is 12.9. The average molecular weight is 290 g/mol. The van der Waals surface area contributed by atoms with Crippen LogP contribution in [0, 0.1) is 12.8 Å². The zero-order valence-electron chi connectivity index (χ0n) is 12.9. The van der Waals surface area contributed by atoms with E-state index in [1.165, 1.54) is 0 Å². The van der Waals surface area contributed by atoms with Crippen LogP contribution in [0.4, 0.5) is 0 Å². The fraction of sp³-hybridized carbons (Fsp3) is 0.500. The molecule has 0 amide bonds. The predicted molar refractivity (Wildman–Crippen MR) is 80.4 cm³/mol. The largest absolute Gasteiger partial charge is 0.460 e. The highest BCUT2D eigenvalue weighted by Gasteiger charge is 2.46. The third kappa shape index (κ3) is 3.54. The lowest BCUT2D eigenvalue weighted by atomic mass is 10.0. The van der Waals surface area contributed by atoms with Crippen LogP contribution in [0.15, 0.2) is 23.4 Å². The van der Waals surface area contributed by atoms with Crippen molar-refractivity contribution >= 4 is 11.8 Å². The van der Waals surface area contributed by atoms with Crippen LogP contribution in [0.1, 0.15) is 49.8 Å². The molecule has 114 valence electrons. The second-order valence-corrected chi connectivity index (χ2v) is 6.54. The van der Waals surface area contributed by atoms with Crippen molar-refractivity contribution in [2.45, 2.75) is 45.6 Å². The third-order valence-corrected chi connectivity index (χ3v) is 3.56. The van der Waals surface area contributed by atoms with Crippen LogP contribution in [0.5, 0.6) is 0 Å². The molecule has 0 radical (unpaired) electrons. The number of benzene rings is 1. The lowest BCUT2D eigenvalue weighted by Gasteiger charge is -2.19. The number of esters is 1. The van der Waals surface area contributed by atoms with Crippen molar-refractivity contribution < 1.29 is 14.7 Å². The molecule has 3 N–H and O–H groups in total. The van der Waals surface area contributed by atoms with E-state index in [-0.39, 0.29) is 23.6 Å². The molecule has 1 aliphatic carbocycles. The molecule has 1 saturated carbocycles. The Morgan fingerprint density at radius 3 is 2.62 bits per heavy atom. The number of amidine groups is 1. The van der Waals surface area contributed by atoms with E-state index in [2.05, 4.69) is 5.16 Å². The molecule has 21 heavy (non-hydrogen) atoms. The zero-order chi connectivity index (χ0) is 15.8. The third-order valence-electron chi connectivity index (χ3n) is 3.56. The van der Waals surface area contributed by atoms with Crippen molar-refractivity contribution in [3.05, 3.63) is 34.9 Å². The Morgan fingerprint density at radius 2 is 2.10 bits per heavy atom. The molecule has 2 unspecified atom stereocenters. The molecule has 1 aromatic carbocycles. The first-order chi connectivity index (χ1) is 9.73. The van der Waals surface area contributed by atoms with Crippen molar-refractivity contribution in [3.8, 4) is 0 Å². The number of hydrogen-bond acceptors (Lipinski definition) is 4. The molecule has 2 atom stereocenters. The molecular formula is C16H22N2O3. The maximum absolute atomic E-state index is 12.0. The molecule has 1 aromatic rings. The van der Waals surface area contributed by atoms with E-state index in [1.54, 1.807) is 0 Å². The predicted octanol–water partition coefficient (Wildman–Crippen LogP) is 2.53. The van der Waals surface area contributed by atoms with Gasteiger partial charge >= 0.3 is 5.97 Å². The highest BCUT2D eigenvalue weighted by atomic mass is 16.6. The Morgan fingerprint density at radius 1 is 1.43 bits per heavy atom. The van der Waals surface area contributed by atoms with Crippen molar-refractivity contribution in [1.82, 2.24) is 0 Å². The van der Waals surface area contributed by atoms with E-state index in [4.69, 9.17) is 15.7 Å². The number of nitrogens with zero attached hydrogens (tertiary/aromatic N) is 1. The molecule has 0 aliphatic heterocycles. The normalized spacial score (nSPS) is 22.0. The van der Waals surface area contributed by atoms with Gasteiger partial charge in [0.05, 0.1) is 5.92 Å². The molecule has 0 saturated heterocycles. The standard InChI is InChI=1S/C16H22N2O3/c1-9-7-10(5-6-11(9)14(17)18-20)12-8-13(12)15(19)21-16(2,3)4/h5-7,12-13,20H,8H2,1-4H3,(H2,17,18). The molecule has 2 rings (SSSR count). The Labute approximate surface area is 124 Å². The molecule has 1 fully saturated rings. The van der Waals surface area contributed by atoms with E-state index in [0.29, 0.717) is 5.56 Å². The van der Waals surface area contributed by atoms with Crippen molar-refractivity contribution in [3.63, 3.8) is 0 Å². The lowest BCUT2D eigenvalue weighted by molar-refractivity contribution is -0.156. The van der Waals surface area contributed by atoms with Crippen molar-refractivity contribution in [2.24, 2.45) is 16.8 Å². The number of carbonyl (C=O) groups is 1. The second-order valence-electron chi connectivity index (χ2n) is 6.54. The minimum atomic E-state index is -0.448. The average Bonchev–Trinajstić information content (AvgIpc) is 3.16. The van der Waals surface area contributed by atoms with Crippen LogP contribution in [0.3, 0.4) is 0 Å². The number of nitrogens with two attached hydrogens (primary N) is 1.